The number of fused-ring (bicyclic) bond motifs is 1. The molecule has 0 spiro atoms. The van der Waals surface area contributed by atoms with Gasteiger partial charge in [-0.15, -0.1) is 0 Å². The maximum absolute atomic E-state index is 14.7. The minimum Gasteiger partial charge on any atom is -0.493 e. The van der Waals surface area contributed by atoms with Crippen LogP contribution in [0.5, 0.6) is 23.0 Å². The molecule has 0 N–H and O–H groups in total. The average Bonchev–Trinajstić information content (AvgIpc) is 2.89. The number of benzene rings is 4. The predicted octanol–water partition coefficient (Wildman–Crippen LogP) is 7.52. The van der Waals surface area contributed by atoms with Crippen LogP contribution in [0.4, 0.5) is 0 Å². The molecule has 0 saturated heterocycles. The van der Waals surface area contributed by atoms with E-state index in [1.165, 1.54) is 0 Å². The molecule has 0 amide bonds. The highest BCUT2D eigenvalue weighted by molar-refractivity contribution is 7.55. The molecular weight excluding hydrogens is 447 g/mol. The smallest absolute Gasteiger partial charge is 0.442 e. The number of methoxy groups -OCH3 is 1. The number of para-hydroxylation sites is 3. The summed E-state index contributed by atoms with van der Waals surface area (Å²) >= 11 is 0. The number of ether oxygens (including phenoxy) is 2. The van der Waals surface area contributed by atoms with Crippen LogP contribution in [-0.2, 0) is 4.57 Å². The van der Waals surface area contributed by atoms with Crippen molar-refractivity contribution in [1.82, 2.24) is 0 Å². The Morgan fingerprint density at radius 3 is 1.82 bits per heavy atom. The molecule has 34 heavy (non-hydrogen) atoms. The van der Waals surface area contributed by atoms with Crippen molar-refractivity contribution in [3.63, 3.8) is 0 Å². The molecule has 1 aliphatic heterocycles. The number of hydrogen-bond donors (Lipinski definition) is 0. The van der Waals surface area contributed by atoms with Crippen LogP contribution in [0.25, 0.3) is 5.76 Å². The van der Waals surface area contributed by atoms with Crippen LogP contribution < -0.4 is 18.5 Å². The molecule has 170 valence electrons. The molecule has 1 atom stereocenters. The first-order valence-corrected chi connectivity index (χ1v) is 12.5. The van der Waals surface area contributed by atoms with Crippen LogP contribution in [0, 0.1) is 0 Å². The van der Waals surface area contributed by atoms with Crippen molar-refractivity contribution in [3.05, 3.63) is 126 Å². The second-order valence-electron chi connectivity index (χ2n) is 7.67. The standard InChI is InChI=1S/C28H23O5P/c1-30-25-19-11-18-24-27(20-26(31-28(24)25)21-12-5-2-6-13-21)34(29,32-22-14-7-3-8-15-22)33-23-16-9-4-10-17-23/h2-20,27H,1H3. The molecule has 5 rings (SSSR count). The van der Waals surface area contributed by atoms with E-state index < -0.39 is 13.3 Å². The molecular formula is C28H23O5P. The fourth-order valence-corrected chi connectivity index (χ4v) is 5.78. The van der Waals surface area contributed by atoms with Gasteiger partial charge in [0.05, 0.1) is 7.11 Å². The number of allylic oxidation sites excluding steroid dienone is 1. The Hall–Kier alpha value is -3.95. The van der Waals surface area contributed by atoms with E-state index >= 15 is 0 Å². The summed E-state index contributed by atoms with van der Waals surface area (Å²) < 4.78 is 38.8. The maximum atomic E-state index is 14.7. The Labute approximate surface area is 198 Å². The molecule has 0 aromatic heterocycles. The summed E-state index contributed by atoms with van der Waals surface area (Å²) in [5, 5.41) is 0. The molecule has 6 heteroatoms. The lowest BCUT2D eigenvalue weighted by Gasteiger charge is -2.31. The molecule has 0 fully saturated rings. The van der Waals surface area contributed by atoms with Crippen LogP contribution in [0.1, 0.15) is 16.8 Å². The van der Waals surface area contributed by atoms with Gasteiger partial charge in [0, 0.05) is 11.1 Å². The summed E-state index contributed by atoms with van der Waals surface area (Å²) in [6, 6.07) is 33.2. The molecule has 4 aromatic carbocycles. The van der Waals surface area contributed by atoms with E-state index in [1.54, 1.807) is 31.4 Å². The largest absolute Gasteiger partial charge is 0.493 e. The van der Waals surface area contributed by atoms with Crippen LogP contribution in [0.2, 0.25) is 0 Å². The Bertz CT molecular complexity index is 1290. The van der Waals surface area contributed by atoms with Gasteiger partial charge in [-0.05, 0) is 36.4 Å². The Morgan fingerprint density at radius 1 is 0.706 bits per heavy atom. The molecule has 0 aliphatic carbocycles. The van der Waals surface area contributed by atoms with E-state index in [-0.39, 0.29) is 0 Å². The topological polar surface area (TPSA) is 54.0 Å². The van der Waals surface area contributed by atoms with Gasteiger partial charge in [0.1, 0.15) is 22.9 Å². The zero-order valence-electron chi connectivity index (χ0n) is 18.5. The molecule has 0 saturated carbocycles. The van der Waals surface area contributed by atoms with Gasteiger partial charge < -0.3 is 18.5 Å². The fraction of sp³-hybridized carbons (Fsp3) is 0.0714. The lowest BCUT2D eigenvalue weighted by molar-refractivity contribution is 0.365. The molecule has 4 aromatic rings. The van der Waals surface area contributed by atoms with Crippen molar-refractivity contribution < 1.29 is 23.1 Å². The fourth-order valence-electron chi connectivity index (χ4n) is 3.82. The highest BCUT2D eigenvalue weighted by atomic mass is 31.2. The Morgan fingerprint density at radius 2 is 1.26 bits per heavy atom. The van der Waals surface area contributed by atoms with Gasteiger partial charge in [-0.3, -0.25) is 0 Å². The quantitative estimate of drug-likeness (QED) is 0.262. The van der Waals surface area contributed by atoms with E-state index in [1.807, 2.05) is 91.0 Å². The minimum atomic E-state index is -3.87. The summed E-state index contributed by atoms with van der Waals surface area (Å²) in [5.41, 5.74) is 0.756. The molecule has 1 aliphatic rings. The zero-order valence-corrected chi connectivity index (χ0v) is 19.4. The van der Waals surface area contributed by atoms with Crippen molar-refractivity contribution in [3.8, 4) is 23.0 Å². The highest BCUT2D eigenvalue weighted by Gasteiger charge is 2.44. The third-order valence-electron chi connectivity index (χ3n) is 5.42. The summed E-state index contributed by atoms with van der Waals surface area (Å²) in [5.74, 6) is 2.48. The molecule has 5 nitrogen and oxygen atoms in total. The van der Waals surface area contributed by atoms with E-state index in [9.17, 15) is 4.57 Å². The van der Waals surface area contributed by atoms with Gasteiger partial charge in [0.25, 0.3) is 0 Å². The summed E-state index contributed by atoms with van der Waals surface area (Å²) in [4.78, 5) is 0. The van der Waals surface area contributed by atoms with Gasteiger partial charge in [0.2, 0.25) is 0 Å². The molecule has 0 radical (unpaired) electrons. The van der Waals surface area contributed by atoms with E-state index in [0.717, 1.165) is 5.56 Å². The number of rotatable bonds is 7. The van der Waals surface area contributed by atoms with Crippen LogP contribution in [-0.4, -0.2) is 7.11 Å². The summed E-state index contributed by atoms with van der Waals surface area (Å²) in [6.45, 7) is 0. The lowest BCUT2D eigenvalue weighted by atomic mass is 10.0. The van der Waals surface area contributed by atoms with Gasteiger partial charge >= 0.3 is 7.60 Å². The van der Waals surface area contributed by atoms with Crippen LogP contribution >= 0.6 is 7.60 Å². The van der Waals surface area contributed by atoms with Crippen molar-refractivity contribution in [2.24, 2.45) is 0 Å². The first-order chi connectivity index (χ1) is 16.7. The minimum absolute atomic E-state index is 0.451. The molecule has 0 bridgehead atoms. The summed E-state index contributed by atoms with van der Waals surface area (Å²) in [7, 11) is -2.29. The van der Waals surface area contributed by atoms with Crippen molar-refractivity contribution in [1.29, 1.82) is 0 Å². The van der Waals surface area contributed by atoms with Gasteiger partial charge in [-0.2, -0.15) is 0 Å². The zero-order chi connectivity index (χ0) is 23.4. The van der Waals surface area contributed by atoms with Gasteiger partial charge in [-0.1, -0.05) is 78.9 Å². The van der Waals surface area contributed by atoms with E-state index in [4.69, 9.17) is 18.5 Å². The molecule has 1 unspecified atom stereocenters. The first kappa shape index (κ1) is 21.9. The second kappa shape index (κ2) is 9.50. The Kier molecular flexibility index (Phi) is 6.11. The first-order valence-electron chi connectivity index (χ1n) is 10.9. The Balaban J connectivity index is 1.68. The van der Waals surface area contributed by atoms with E-state index in [0.29, 0.717) is 34.3 Å². The van der Waals surface area contributed by atoms with Crippen LogP contribution in [0.15, 0.2) is 115 Å². The van der Waals surface area contributed by atoms with Crippen molar-refractivity contribution in [2.45, 2.75) is 5.66 Å². The maximum Gasteiger partial charge on any atom is 0.442 e. The van der Waals surface area contributed by atoms with Crippen molar-refractivity contribution in [2.75, 3.05) is 7.11 Å². The monoisotopic (exact) mass is 470 g/mol. The third-order valence-corrected chi connectivity index (χ3v) is 7.46. The normalized spacial score (nSPS) is 14.9. The van der Waals surface area contributed by atoms with Gasteiger partial charge in [-0.25, -0.2) is 4.57 Å². The predicted molar refractivity (Wildman–Crippen MR) is 133 cm³/mol. The highest BCUT2D eigenvalue weighted by Crippen LogP contribution is 2.64. The van der Waals surface area contributed by atoms with E-state index in [2.05, 4.69) is 0 Å². The lowest BCUT2D eigenvalue weighted by Crippen LogP contribution is -2.15. The second-order valence-corrected chi connectivity index (χ2v) is 9.67. The van der Waals surface area contributed by atoms with Crippen LogP contribution in [0.3, 0.4) is 0 Å². The van der Waals surface area contributed by atoms with Gasteiger partial charge in [0.15, 0.2) is 11.5 Å². The molecule has 1 heterocycles. The third kappa shape index (κ3) is 4.43. The SMILES string of the molecule is COc1cccc2c1OC(c1ccccc1)=CC2P(=O)(Oc1ccccc1)Oc1ccccc1. The number of hydrogen-bond acceptors (Lipinski definition) is 5. The van der Waals surface area contributed by atoms with Crippen molar-refractivity contribution >= 4 is 13.4 Å². The summed E-state index contributed by atoms with van der Waals surface area (Å²) in [6.07, 6.45) is 1.81. The average molecular weight is 470 g/mol.